The summed E-state index contributed by atoms with van der Waals surface area (Å²) in [6.45, 7) is 0.397. The molecular weight excluding hydrogens is 444 g/mol. The standard InChI is InChI=1S/C24H26N2O6S/c1-24(21(28)15-27,23(30)25-2)26(3)22(29)20-13-11-18(12-14-20)6-5-17-7-9-19(10-8-17)16-33(4,31)32/h7-14,27H,15-16H2,1-4H3,(H,25,30)/t24-/m1/s1. The molecule has 2 aromatic rings. The molecule has 33 heavy (non-hydrogen) atoms. The Morgan fingerprint density at radius 2 is 1.48 bits per heavy atom. The van der Waals surface area contributed by atoms with Crippen molar-refractivity contribution in [1.82, 2.24) is 10.2 Å². The third kappa shape index (κ3) is 6.28. The molecule has 0 bridgehead atoms. The Morgan fingerprint density at radius 3 is 1.91 bits per heavy atom. The van der Waals surface area contributed by atoms with Crippen LogP contribution in [0.4, 0.5) is 0 Å². The number of nitrogens with zero attached hydrogens (tertiary/aromatic N) is 1. The SMILES string of the molecule is CNC(=O)[C@@](C)(C(=O)CO)N(C)C(=O)c1ccc(C#Cc2ccc(CS(C)(=O)=O)cc2)cc1. The van der Waals surface area contributed by atoms with Crippen LogP contribution >= 0.6 is 0 Å². The van der Waals surface area contributed by atoms with Crippen molar-refractivity contribution in [2.45, 2.75) is 18.2 Å². The number of hydrogen-bond acceptors (Lipinski definition) is 6. The van der Waals surface area contributed by atoms with Gasteiger partial charge in [-0.05, 0) is 48.9 Å². The summed E-state index contributed by atoms with van der Waals surface area (Å²) in [6, 6.07) is 13.2. The van der Waals surface area contributed by atoms with E-state index in [4.69, 9.17) is 0 Å². The number of aliphatic hydroxyl groups is 1. The van der Waals surface area contributed by atoms with Crippen LogP contribution in [-0.2, 0) is 25.2 Å². The lowest BCUT2D eigenvalue weighted by molar-refractivity contribution is -0.143. The molecule has 0 aliphatic rings. The topological polar surface area (TPSA) is 121 Å². The smallest absolute Gasteiger partial charge is 0.254 e. The fourth-order valence-electron chi connectivity index (χ4n) is 3.09. The average Bonchev–Trinajstić information content (AvgIpc) is 2.80. The number of Topliss-reactive ketones (excluding diaryl/α,β-unsaturated/α-hetero) is 1. The number of carbonyl (C=O) groups excluding carboxylic acids is 3. The van der Waals surface area contributed by atoms with Crippen molar-refractivity contribution in [2.24, 2.45) is 0 Å². The number of ketones is 1. The van der Waals surface area contributed by atoms with Gasteiger partial charge >= 0.3 is 0 Å². The molecule has 8 nitrogen and oxygen atoms in total. The van der Waals surface area contributed by atoms with Crippen molar-refractivity contribution in [3.63, 3.8) is 0 Å². The van der Waals surface area contributed by atoms with E-state index in [1.54, 1.807) is 36.4 Å². The van der Waals surface area contributed by atoms with Crippen LogP contribution in [0.1, 0.15) is 34.0 Å². The molecule has 0 saturated carbocycles. The lowest BCUT2D eigenvalue weighted by atomic mass is 9.92. The van der Waals surface area contributed by atoms with Gasteiger partial charge in [-0.25, -0.2) is 8.42 Å². The lowest BCUT2D eigenvalue weighted by Crippen LogP contribution is -2.62. The quantitative estimate of drug-likeness (QED) is 0.456. The van der Waals surface area contributed by atoms with E-state index in [2.05, 4.69) is 17.2 Å². The molecule has 0 aromatic heterocycles. The van der Waals surface area contributed by atoms with E-state index in [0.717, 1.165) is 4.90 Å². The number of amides is 2. The molecule has 2 aromatic carbocycles. The van der Waals surface area contributed by atoms with Gasteiger partial charge in [-0.15, -0.1) is 0 Å². The van der Waals surface area contributed by atoms with Gasteiger partial charge in [-0.3, -0.25) is 14.4 Å². The summed E-state index contributed by atoms with van der Waals surface area (Å²) in [5.41, 5.74) is 0.404. The van der Waals surface area contributed by atoms with Crippen molar-refractivity contribution in [3.8, 4) is 11.8 Å². The summed E-state index contributed by atoms with van der Waals surface area (Å²) in [6.07, 6.45) is 1.18. The highest BCUT2D eigenvalue weighted by Crippen LogP contribution is 2.19. The van der Waals surface area contributed by atoms with E-state index >= 15 is 0 Å². The number of aliphatic hydroxyl groups excluding tert-OH is 1. The zero-order valence-electron chi connectivity index (χ0n) is 18.9. The van der Waals surface area contributed by atoms with E-state index in [0.29, 0.717) is 16.7 Å². The molecule has 0 aliphatic carbocycles. The summed E-state index contributed by atoms with van der Waals surface area (Å²) in [5.74, 6) is 3.83. The Morgan fingerprint density at radius 1 is 1.00 bits per heavy atom. The minimum atomic E-state index is -3.11. The van der Waals surface area contributed by atoms with E-state index in [-0.39, 0.29) is 11.3 Å². The zero-order chi connectivity index (χ0) is 24.8. The van der Waals surface area contributed by atoms with Gasteiger partial charge in [-0.1, -0.05) is 24.0 Å². The maximum Gasteiger partial charge on any atom is 0.254 e. The van der Waals surface area contributed by atoms with E-state index in [1.165, 1.54) is 39.4 Å². The first kappa shape index (κ1) is 25.8. The molecule has 174 valence electrons. The van der Waals surface area contributed by atoms with Crippen LogP contribution in [-0.4, -0.2) is 68.5 Å². The number of rotatable bonds is 7. The first-order valence-electron chi connectivity index (χ1n) is 9.95. The molecule has 0 fully saturated rings. The summed E-state index contributed by atoms with van der Waals surface area (Å²) >= 11 is 0. The summed E-state index contributed by atoms with van der Waals surface area (Å²) in [7, 11) is -0.436. The number of sulfone groups is 1. The van der Waals surface area contributed by atoms with E-state index < -0.39 is 39.6 Å². The monoisotopic (exact) mass is 470 g/mol. The number of benzene rings is 2. The molecular formula is C24H26N2O6S. The Labute approximate surface area is 193 Å². The summed E-state index contributed by atoms with van der Waals surface area (Å²) in [5, 5.41) is 11.6. The van der Waals surface area contributed by atoms with Gasteiger partial charge in [0.25, 0.3) is 11.8 Å². The molecule has 0 heterocycles. The van der Waals surface area contributed by atoms with Crippen LogP contribution < -0.4 is 5.32 Å². The van der Waals surface area contributed by atoms with Gasteiger partial charge in [0.1, 0.15) is 6.61 Å². The molecule has 2 amide bonds. The molecule has 0 radical (unpaired) electrons. The van der Waals surface area contributed by atoms with Crippen molar-refractivity contribution >= 4 is 27.4 Å². The van der Waals surface area contributed by atoms with Crippen LogP contribution in [0.25, 0.3) is 0 Å². The Hall–Kier alpha value is -3.48. The minimum Gasteiger partial charge on any atom is -0.388 e. The van der Waals surface area contributed by atoms with Crippen molar-refractivity contribution < 1.29 is 27.9 Å². The normalized spacial score (nSPS) is 12.6. The minimum absolute atomic E-state index is 0.0342. The lowest BCUT2D eigenvalue weighted by Gasteiger charge is -2.35. The Bertz CT molecular complexity index is 1190. The van der Waals surface area contributed by atoms with Crippen LogP contribution in [0.3, 0.4) is 0 Å². The molecule has 0 saturated heterocycles. The molecule has 1 atom stereocenters. The van der Waals surface area contributed by atoms with Gasteiger partial charge in [0.15, 0.2) is 21.2 Å². The molecule has 0 unspecified atom stereocenters. The number of likely N-dealkylation sites (N-methyl/N-ethyl adjacent to an activating group) is 2. The summed E-state index contributed by atoms with van der Waals surface area (Å²) < 4.78 is 22.7. The molecule has 2 rings (SSSR count). The largest absolute Gasteiger partial charge is 0.388 e. The maximum absolute atomic E-state index is 12.9. The fourth-order valence-corrected chi connectivity index (χ4v) is 3.89. The second-order valence-electron chi connectivity index (χ2n) is 7.69. The highest BCUT2D eigenvalue weighted by Gasteiger charge is 2.46. The second-order valence-corrected chi connectivity index (χ2v) is 9.83. The van der Waals surface area contributed by atoms with Crippen molar-refractivity contribution in [3.05, 3.63) is 70.8 Å². The molecule has 2 N–H and O–H groups in total. The molecule has 0 spiro atoms. The van der Waals surface area contributed by atoms with Crippen molar-refractivity contribution in [2.75, 3.05) is 27.0 Å². The van der Waals surface area contributed by atoms with E-state index in [9.17, 15) is 27.9 Å². The Kier molecular flexibility index (Phi) is 8.14. The predicted molar refractivity (Wildman–Crippen MR) is 124 cm³/mol. The summed E-state index contributed by atoms with van der Waals surface area (Å²) in [4.78, 5) is 38.4. The van der Waals surface area contributed by atoms with Gasteiger partial charge in [0.05, 0.1) is 5.75 Å². The third-order valence-electron chi connectivity index (χ3n) is 5.20. The fraction of sp³-hybridized carbons (Fsp3) is 0.292. The molecule has 0 aliphatic heterocycles. The highest BCUT2D eigenvalue weighted by molar-refractivity contribution is 7.89. The van der Waals surface area contributed by atoms with Crippen LogP contribution in [0.2, 0.25) is 0 Å². The highest BCUT2D eigenvalue weighted by atomic mass is 32.2. The average molecular weight is 471 g/mol. The van der Waals surface area contributed by atoms with Crippen molar-refractivity contribution in [1.29, 1.82) is 0 Å². The van der Waals surface area contributed by atoms with Gasteiger partial charge in [0.2, 0.25) is 0 Å². The van der Waals surface area contributed by atoms with Crippen LogP contribution in [0.5, 0.6) is 0 Å². The van der Waals surface area contributed by atoms with E-state index in [1.807, 2.05) is 0 Å². The van der Waals surface area contributed by atoms with Gasteiger partial charge in [0, 0.05) is 37.0 Å². The Balaban J connectivity index is 2.19. The second kappa shape index (κ2) is 10.4. The molecule has 9 heteroatoms. The maximum atomic E-state index is 12.9. The zero-order valence-corrected chi connectivity index (χ0v) is 19.7. The predicted octanol–water partition coefficient (Wildman–Crippen LogP) is 0.769. The number of carbonyl (C=O) groups is 3. The van der Waals surface area contributed by atoms with Crippen LogP contribution in [0, 0.1) is 11.8 Å². The number of nitrogens with one attached hydrogen (secondary N) is 1. The third-order valence-corrected chi connectivity index (χ3v) is 6.05. The first-order chi connectivity index (χ1) is 15.4. The van der Waals surface area contributed by atoms with Crippen LogP contribution in [0.15, 0.2) is 48.5 Å². The number of hydrogen-bond donors (Lipinski definition) is 2. The van der Waals surface area contributed by atoms with Gasteiger partial charge in [-0.2, -0.15) is 0 Å². The first-order valence-corrected chi connectivity index (χ1v) is 12.0. The van der Waals surface area contributed by atoms with Gasteiger partial charge < -0.3 is 15.3 Å².